The molecule has 0 saturated carbocycles. The largest absolute Gasteiger partial charge is 1.00 e. The van der Waals surface area contributed by atoms with Gasteiger partial charge in [0.25, 0.3) is 39.1 Å². The Morgan fingerprint density at radius 1 is 0.530 bits per heavy atom. The van der Waals surface area contributed by atoms with Crippen LogP contribution in [0.2, 0.25) is 0 Å². The van der Waals surface area contributed by atoms with Gasteiger partial charge >= 0.3 is 206 Å². The average Bonchev–Trinajstić information content (AvgIpc) is 0.763. The fourth-order valence-electron chi connectivity index (χ4n) is 9.58. The van der Waals surface area contributed by atoms with Gasteiger partial charge in [-0.15, -0.1) is 32.4 Å². The third-order valence-corrected chi connectivity index (χ3v) is 21.2. The van der Waals surface area contributed by atoms with Crippen LogP contribution in [0.15, 0.2) is 161 Å². The molecule has 4 aliphatic heterocycles. The van der Waals surface area contributed by atoms with Gasteiger partial charge in [-0.1, -0.05) is 110 Å². The van der Waals surface area contributed by atoms with Gasteiger partial charge in [0.2, 0.25) is 20.0 Å². The molecule has 0 unspecified atom stereocenters. The Labute approximate surface area is 872 Å². The van der Waals surface area contributed by atoms with Crippen LogP contribution in [0.1, 0.15) is 62.1 Å². The zero-order chi connectivity index (χ0) is 83.4. The summed E-state index contributed by atoms with van der Waals surface area (Å²) in [5.41, 5.74) is 4.04. The van der Waals surface area contributed by atoms with E-state index >= 15 is 0 Å². The first-order chi connectivity index (χ1) is 53.2. The molecule has 34 nitrogen and oxygen atoms in total. The molecule has 0 aromatic heterocycles. The van der Waals surface area contributed by atoms with Crippen molar-refractivity contribution in [3.05, 3.63) is 171 Å². The molecule has 634 valence electrons. The number of nitrogens with two attached hydrogens (primary N) is 1. The summed E-state index contributed by atoms with van der Waals surface area (Å²) in [6.07, 6.45) is 11.6. The van der Waals surface area contributed by atoms with Crippen LogP contribution >= 0.6 is 39.2 Å². The van der Waals surface area contributed by atoms with Crippen LogP contribution in [-0.2, 0) is 67.4 Å². The van der Waals surface area contributed by atoms with Crippen molar-refractivity contribution < 1.29 is 297 Å². The molecule has 0 aliphatic carbocycles. The topological polar surface area (TPSA) is 437 Å². The number of carbonyl (C=O) groups excluding carboxylic acids is 2. The standard InChI is InChI=1S/C17H25N3O5S.C12H17N3O5S.C11H22N2O.C6H4ClNO4S.C6H14N2O.C6H15N.C6H6S.C5H9Br.2CH2O3.4K.2H/c1-2-3-6-9-19(11-10-18-12-14-25-15-13-18)26(23,24)17-8-5-4-7-16(17)20(21)22;16-15(17)11-3-1-2-4-12(11)21(18,19)13-5-6-14-7-9-20-10-8-14;1-2-3-4-5-12-6-7-13-8-10-14-11-9-13;7-13(11,12)6-4-2-1-3-5(6)8(9)10;7-1-2-8-3-5-9-6-4-8;1-4-7(5-2)6-3;7-6-4-2-1-3-5-6;1-2-3-4-5-6;2*2-1-4-3;;;;;;/h2,4-5,7-8H,1,3,6,9-15H2;1-4,13H,5-10H2;2,12H,1,3-11H2;1-4H;1-7H2;4-6H2,1-3H3;1-5,7H;2H,1,3-5H2;2*1,3H;;;;;;/q;;;;;;;;;;4*+1;2*-1/p-2. The Morgan fingerprint density at radius 3 is 1.20 bits per heavy atom. The van der Waals surface area contributed by atoms with E-state index in [1.165, 1.54) is 97.4 Å². The normalized spacial score (nSPS) is 13.8. The van der Waals surface area contributed by atoms with Crippen molar-refractivity contribution in [2.75, 3.05) is 196 Å². The first-order valence-electron chi connectivity index (χ1n) is 35.8. The van der Waals surface area contributed by atoms with E-state index in [-0.39, 0.29) is 244 Å². The van der Waals surface area contributed by atoms with Crippen molar-refractivity contribution >= 4 is 98.3 Å². The minimum Gasteiger partial charge on any atom is -1.00 e. The van der Waals surface area contributed by atoms with Crippen LogP contribution in [0.5, 0.6) is 0 Å². The minimum absolute atomic E-state index is 0. The minimum atomic E-state index is -4.05. The number of nitro benzene ring substituents is 3. The van der Waals surface area contributed by atoms with Crippen LogP contribution in [0.3, 0.4) is 0 Å². The number of alkyl halides is 1. The molecule has 0 radical (unpaired) electrons. The Hall–Kier alpha value is 0.155. The molecule has 0 amide bonds. The van der Waals surface area contributed by atoms with E-state index in [9.17, 15) is 55.6 Å². The number of morpholine rings is 4. The van der Waals surface area contributed by atoms with Crippen molar-refractivity contribution in [1.29, 1.82) is 0 Å². The molecule has 4 N–H and O–H groups in total. The number of unbranched alkanes of at least 4 members (excludes halogenated alkanes) is 3. The number of allylic oxidation sites excluding steroid dienone is 3. The molecule has 4 aromatic carbocycles. The molecular formula is C71H116BrClK4N12O22S4. The number of sulfonamides is 2. The van der Waals surface area contributed by atoms with Gasteiger partial charge in [0.15, 0.2) is 14.7 Å². The first-order valence-corrected chi connectivity index (χ1v) is 42.6. The maximum Gasteiger partial charge on any atom is 1.00 e. The van der Waals surface area contributed by atoms with E-state index in [4.69, 9.17) is 55.5 Å². The third kappa shape index (κ3) is 65.4. The number of carbonyl (C=O) groups is 2. The predicted octanol–water partition coefficient (Wildman–Crippen LogP) is -5.46. The van der Waals surface area contributed by atoms with Gasteiger partial charge in [0.1, 0.15) is 0 Å². The molecule has 4 aromatic rings. The monoisotopic (exact) mass is 1890 g/mol. The first kappa shape index (κ1) is 126. The summed E-state index contributed by atoms with van der Waals surface area (Å²) in [5, 5.41) is 53.9. The summed E-state index contributed by atoms with van der Waals surface area (Å²) in [7, 11) is -6.92. The average molecular weight is 1890 g/mol. The summed E-state index contributed by atoms with van der Waals surface area (Å²) in [6, 6.07) is 25.5. The number of halogens is 2. The van der Waals surface area contributed by atoms with Gasteiger partial charge in [0, 0.05) is 150 Å². The molecule has 4 saturated heterocycles. The Kier molecular flexibility index (Phi) is 91.7. The maximum absolute atomic E-state index is 13.1. The summed E-state index contributed by atoms with van der Waals surface area (Å²) < 4.78 is 96.8. The van der Waals surface area contributed by atoms with Crippen molar-refractivity contribution in [3.63, 3.8) is 0 Å². The molecule has 0 spiro atoms. The van der Waals surface area contributed by atoms with E-state index in [1.54, 1.807) is 6.08 Å². The van der Waals surface area contributed by atoms with Gasteiger partial charge in [-0.25, -0.2) is 30.0 Å². The van der Waals surface area contributed by atoms with Crippen molar-refractivity contribution in [1.82, 2.24) is 38.8 Å². The Bertz CT molecular complexity index is 3480. The molecule has 4 heterocycles. The van der Waals surface area contributed by atoms with E-state index in [0.29, 0.717) is 58.9 Å². The number of para-hydroxylation sites is 3. The number of hydrogen-bond acceptors (Lipinski definition) is 30. The molecular weight excluding hydrogens is 1770 g/mol. The van der Waals surface area contributed by atoms with Gasteiger partial charge < -0.3 is 58.0 Å². The predicted molar refractivity (Wildman–Crippen MR) is 433 cm³/mol. The number of nitrogens with zero attached hydrogens (tertiary/aromatic N) is 9. The van der Waals surface area contributed by atoms with E-state index in [1.807, 2.05) is 42.5 Å². The van der Waals surface area contributed by atoms with E-state index in [0.717, 1.165) is 147 Å². The van der Waals surface area contributed by atoms with Gasteiger partial charge in [-0.3, -0.25) is 59.5 Å². The number of thiol groups is 1. The van der Waals surface area contributed by atoms with E-state index < -0.39 is 65.8 Å². The number of rotatable bonds is 35. The SMILES string of the molecule is C=CCCCBr.C=CCCCN(CCN1CCOCC1)S(=O)(=O)c1ccccc1[N+](=O)[O-].C=CCCCNCCN1CCOCC1.CCN(CC)CC.NCCN1CCOCC1.O=CO[O-].O=CO[O-].O=[N+]([O-])c1ccccc1S(=O)(=O)Cl.O=[N+]([O-])c1ccccc1S(=O)(=O)NCCN1CCOCC1.Sc1ccccc1.[H-].[H-].[K+].[K+].[K+].[K+]. The fourth-order valence-corrected chi connectivity index (χ4v) is 13.9. The van der Waals surface area contributed by atoms with Crippen LogP contribution in [0, 0.1) is 30.3 Å². The number of ether oxygens (including phenoxy) is 4. The van der Waals surface area contributed by atoms with Crippen molar-refractivity contribution in [3.8, 4) is 0 Å². The third-order valence-electron chi connectivity index (χ3n) is 15.5. The fraction of sp³-hybridized carbons (Fsp3) is 0.549. The quantitative estimate of drug-likeness (QED) is 0.00319. The smallest absolute Gasteiger partial charge is 1.00 e. The Balaban J connectivity index is -0.000000197. The van der Waals surface area contributed by atoms with Crippen LogP contribution < -0.4 is 232 Å². The maximum atomic E-state index is 13.1. The van der Waals surface area contributed by atoms with Gasteiger partial charge in [-0.05, 0) is 95.0 Å². The molecule has 115 heavy (non-hydrogen) atoms. The molecule has 4 fully saturated rings. The number of benzene rings is 4. The molecule has 44 heteroatoms. The molecule has 0 bridgehead atoms. The number of hydrogen-bond donors (Lipinski definition) is 4. The summed E-state index contributed by atoms with van der Waals surface area (Å²) >= 11 is 7.39. The summed E-state index contributed by atoms with van der Waals surface area (Å²) in [4.78, 5) is 64.1. The van der Waals surface area contributed by atoms with Gasteiger partial charge in [0.05, 0.1) is 67.6 Å². The second-order valence-corrected chi connectivity index (χ2v) is 30.6. The van der Waals surface area contributed by atoms with Crippen molar-refractivity contribution in [2.24, 2.45) is 5.73 Å². The van der Waals surface area contributed by atoms with E-state index in [2.05, 4.69) is 113 Å². The summed E-state index contributed by atoms with van der Waals surface area (Å²) in [5.74, 6) is 0. The van der Waals surface area contributed by atoms with Gasteiger partial charge in [-0.2, -0.15) is 4.31 Å². The van der Waals surface area contributed by atoms with Crippen LogP contribution in [0.4, 0.5) is 17.1 Å². The summed E-state index contributed by atoms with van der Waals surface area (Å²) in [6.45, 7) is 41.1. The van der Waals surface area contributed by atoms with Crippen LogP contribution in [-0.4, -0.2) is 277 Å². The molecule has 0 atom stereocenters. The molecule has 4 aliphatic rings. The Morgan fingerprint density at radius 2 is 0.870 bits per heavy atom. The number of nitro groups is 3. The zero-order valence-corrected chi connectivity index (χ0v) is 86.0. The molecule has 8 rings (SSSR count). The van der Waals surface area contributed by atoms with Crippen molar-refractivity contribution in [2.45, 2.75) is 78.9 Å². The second-order valence-electron chi connectivity index (χ2n) is 23.1. The van der Waals surface area contributed by atoms with Crippen LogP contribution in [0.25, 0.3) is 0 Å². The zero-order valence-electron chi connectivity index (χ0n) is 69.8. The second kappa shape index (κ2) is 83.7. The number of nitrogens with one attached hydrogen (secondary N) is 2.